The summed E-state index contributed by atoms with van der Waals surface area (Å²) in [7, 11) is 0. The number of nitrogens with one attached hydrogen (secondary N) is 2. The fraction of sp³-hybridized carbons (Fsp3) is 0.300. The van der Waals surface area contributed by atoms with Crippen molar-refractivity contribution in [1.29, 1.82) is 0 Å². The molecule has 2 amide bonds. The largest absolute Gasteiger partial charge is 0.493 e. The third kappa shape index (κ3) is 5.86. The van der Waals surface area contributed by atoms with Crippen LogP contribution in [0.3, 0.4) is 0 Å². The maximum Gasteiger partial charge on any atom is 0.253 e. The molecule has 28 heavy (non-hydrogen) atoms. The Balaban J connectivity index is 1.42. The van der Waals surface area contributed by atoms with Gasteiger partial charge >= 0.3 is 0 Å². The normalized spacial score (nSPS) is 15.9. The molecule has 148 valence electrons. The molecule has 0 aliphatic carbocycles. The predicted molar refractivity (Wildman–Crippen MR) is 109 cm³/mol. The van der Waals surface area contributed by atoms with E-state index in [0.717, 1.165) is 12.8 Å². The minimum Gasteiger partial charge on any atom is -0.493 e. The zero-order chi connectivity index (χ0) is 19.9. The Morgan fingerprint density at radius 1 is 1.04 bits per heavy atom. The summed E-state index contributed by atoms with van der Waals surface area (Å²) < 4.78 is 10.8. The van der Waals surface area contributed by atoms with Crippen LogP contribution in [0, 0.1) is 0 Å². The molecular formula is C20H20Cl2N2O4. The molecule has 2 aromatic rings. The average molecular weight is 423 g/mol. The lowest BCUT2D eigenvalue weighted by Gasteiger charge is -2.11. The molecule has 0 unspecified atom stereocenters. The van der Waals surface area contributed by atoms with Crippen LogP contribution >= 0.6 is 23.2 Å². The van der Waals surface area contributed by atoms with Gasteiger partial charge in [-0.1, -0.05) is 23.2 Å². The molecule has 1 atom stereocenters. The third-order valence-corrected chi connectivity index (χ3v) is 4.89. The van der Waals surface area contributed by atoms with E-state index in [1.165, 1.54) is 0 Å². The van der Waals surface area contributed by atoms with Crippen LogP contribution in [-0.2, 0) is 14.3 Å². The number of anilines is 2. The van der Waals surface area contributed by atoms with Gasteiger partial charge in [-0.3, -0.25) is 9.59 Å². The first kappa shape index (κ1) is 20.5. The van der Waals surface area contributed by atoms with E-state index in [1.807, 2.05) is 0 Å². The number of rotatable bonds is 7. The van der Waals surface area contributed by atoms with Crippen molar-refractivity contribution in [3.05, 3.63) is 52.5 Å². The molecule has 1 saturated heterocycles. The number of hydrogen-bond donors (Lipinski definition) is 2. The van der Waals surface area contributed by atoms with Gasteiger partial charge in [-0.25, -0.2) is 0 Å². The lowest BCUT2D eigenvalue weighted by molar-refractivity contribution is -0.124. The second-order valence-corrected chi connectivity index (χ2v) is 7.11. The van der Waals surface area contributed by atoms with Gasteiger partial charge < -0.3 is 20.1 Å². The van der Waals surface area contributed by atoms with Crippen molar-refractivity contribution in [2.45, 2.75) is 25.4 Å². The van der Waals surface area contributed by atoms with E-state index in [2.05, 4.69) is 10.6 Å². The van der Waals surface area contributed by atoms with Gasteiger partial charge in [0, 0.05) is 24.0 Å². The fourth-order valence-corrected chi connectivity index (χ4v) is 2.98. The molecule has 0 radical (unpaired) electrons. The van der Waals surface area contributed by atoms with Gasteiger partial charge in [0.2, 0.25) is 5.91 Å². The molecule has 2 aromatic carbocycles. The van der Waals surface area contributed by atoms with Gasteiger partial charge in [-0.15, -0.1) is 0 Å². The van der Waals surface area contributed by atoms with E-state index in [0.29, 0.717) is 33.8 Å². The molecule has 0 bridgehead atoms. The highest BCUT2D eigenvalue weighted by atomic mass is 35.5. The predicted octanol–water partition coefficient (Wildman–Crippen LogP) is 4.52. The van der Waals surface area contributed by atoms with Crippen molar-refractivity contribution < 1.29 is 19.1 Å². The van der Waals surface area contributed by atoms with E-state index < -0.39 is 0 Å². The summed E-state index contributed by atoms with van der Waals surface area (Å²) in [6.07, 6.45) is 1.44. The molecule has 3 rings (SSSR count). The van der Waals surface area contributed by atoms with Crippen LogP contribution in [0.25, 0.3) is 0 Å². The van der Waals surface area contributed by atoms with Crippen LogP contribution in [0.1, 0.15) is 19.3 Å². The second-order valence-electron chi connectivity index (χ2n) is 6.29. The summed E-state index contributed by atoms with van der Waals surface area (Å²) in [5.74, 6) is 0.221. The minimum absolute atomic E-state index is 0.145. The van der Waals surface area contributed by atoms with Crippen molar-refractivity contribution in [2.24, 2.45) is 0 Å². The lowest BCUT2D eigenvalue weighted by Crippen LogP contribution is -2.26. The van der Waals surface area contributed by atoms with Crippen LogP contribution < -0.4 is 15.4 Å². The summed E-state index contributed by atoms with van der Waals surface area (Å²) in [6.45, 7) is 0.831. The highest BCUT2D eigenvalue weighted by Crippen LogP contribution is 2.26. The fourth-order valence-electron chi connectivity index (χ4n) is 2.70. The highest BCUT2D eigenvalue weighted by molar-refractivity contribution is 6.42. The van der Waals surface area contributed by atoms with Crippen molar-refractivity contribution in [1.82, 2.24) is 0 Å². The third-order valence-electron chi connectivity index (χ3n) is 4.15. The van der Waals surface area contributed by atoms with E-state index in [-0.39, 0.29) is 30.9 Å². The monoisotopic (exact) mass is 422 g/mol. The summed E-state index contributed by atoms with van der Waals surface area (Å²) >= 11 is 11.8. The maximum absolute atomic E-state index is 12.0. The first-order chi connectivity index (χ1) is 13.5. The van der Waals surface area contributed by atoms with Crippen molar-refractivity contribution >= 4 is 46.4 Å². The molecule has 2 N–H and O–H groups in total. The molecule has 0 spiro atoms. The summed E-state index contributed by atoms with van der Waals surface area (Å²) in [5, 5.41) is 6.43. The molecule has 8 heteroatoms. The summed E-state index contributed by atoms with van der Waals surface area (Å²) in [5.41, 5.74) is 1.29. The molecule has 0 saturated carbocycles. The summed E-state index contributed by atoms with van der Waals surface area (Å²) in [6, 6.07) is 11.8. The first-order valence-corrected chi connectivity index (χ1v) is 9.67. The van der Waals surface area contributed by atoms with Gasteiger partial charge in [0.25, 0.3) is 5.91 Å². The zero-order valence-electron chi connectivity index (χ0n) is 15.0. The Hall–Kier alpha value is -2.28. The first-order valence-electron chi connectivity index (χ1n) is 8.91. The van der Waals surface area contributed by atoms with Crippen LogP contribution in [0.2, 0.25) is 10.0 Å². The van der Waals surface area contributed by atoms with Crippen LogP contribution in [-0.4, -0.2) is 31.1 Å². The molecule has 1 aliphatic heterocycles. The molecule has 6 nitrogen and oxygen atoms in total. The van der Waals surface area contributed by atoms with Crippen molar-refractivity contribution in [3.8, 4) is 5.75 Å². The Bertz CT molecular complexity index is 837. The Morgan fingerprint density at radius 3 is 2.39 bits per heavy atom. The van der Waals surface area contributed by atoms with Gasteiger partial charge in [0.1, 0.15) is 11.9 Å². The van der Waals surface area contributed by atoms with Gasteiger partial charge in [0.15, 0.2) is 0 Å². The number of carbonyl (C=O) groups is 2. The number of ether oxygens (including phenoxy) is 2. The SMILES string of the molecule is O=C(CCOc1ccc(Cl)c(Cl)c1)Nc1ccc(NC(=O)[C@H]2CCCO2)cc1. The zero-order valence-corrected chi connectivity index (χ0v) is 16.6. The van der Waals surface area contributed by atoms with Crippen molar-refractivity contribution in [3.63, 3.8) is 0 Å². The topological polar surface area (TPSA) is 76.7 Å². The van der Waals surface area contributed by atoms with Crippen LogP contribution in [0.4, 0.5) is 11.4 Å². The Morgan fingerprint density at radius 2 is 1.75 bits per heavy atom. The van der Waals surface area contributed by atoms with Gasteiger partial charge in [-0.05, 0) is 49.2 Å². The van der Waals surface area contributed by atoms with E-state index in [9.17, 15) is 9.59 Å². The van der Waals surface area contributed by atoms with Crippen LogP contribution in [0.5, 0.6) is 5.75 Å². The molecular weight excluding hydrogens is 403 g/mol. The van der Waals surface area contributed by atoms with E-state index in [4.69, 9.17) is 32.7 Å². The number of amides is 2. The quantitative estimate of drug-likeness (QED) is 0.687. The van der Waals surface area contributed by atoms with Crippen molar-refractivity contribution in [2.75, 3.05) is 23.8 Å². The van der Waals surface area contributed by atoms with E-state index >= 15 is 0 Å². The number of benzene rings is 2. The second kappa shape index (κ2) is 9.78. The maximum atomic E-state index is 12.0. The standard InChI is InChI=1S/C20H20Cl2N2O4/c21-16-8-7-15(12-17(16)22)27-11-9-19(25)23-13-3-5-14(6-4-13)24-20(26)18-2-1-10-28-18/h3-8,12,18H,1-2,9-11H2,(H,23,25)(H,24,26)/t18-/m1/s1. The molecule has 0 aromatic heterocycles. The van der Waals surface area contributed by atoms with Gasteiger partial charge in [-0.2, -0.15) is 0 Å². The van der Waals surface area contributed by atoms with Crippen LogP contribution in [0.15, 0.2) is 42.5 Å². The molecule has 1 aliphatic rings. The minimum atomic E-state index is -0.380. The lowest BCUT2D eigenvalue weighted by atomic mass is 10.2. The van der Waals surface area contributed by atoms with Gasteiger partial charge in [0.05, 0.1) is 23.1 Å². The number of hydrogen-bond acceptors (Lipinski definition) is 4. The highest BCUT2D eigenvalue weighted by Gasteiger charge is 2.23. The Labute approximate surface area is 173 Å². The summed E-state index contributed by atoms with van der Waals surface area (Å²) in [4.78, 5) is 24.1. The Kier molecular flexibility index (Phi) is 7.14. The average Bonchev–Trinajstić information content (AvgIpc) is 3.21. The smallest absolute Gasteiger partial charge is 0.253 e. The van der Waals surface area contributed by atoms with E-state index in [1.54, 1.807) is 42.5 Å². The molecule has 1 fully saturated rings. The molecule has 1 heterocycles. The number of carbonyl (C=O) groups excluding carboxylic acids is 2. The number of halogens is 2.